The minimum atomic E-state index is -0.177. The van der Waals surface area contributed by atoms with Crippen LogP contribution in [0.25, 0.3) is 0 Å². The summed E-state index contributed by atoms with van der Waals surface area (Å²) in [6.07, 6.45) is 6.26. The van der Waals surface area contributed by atoms with Crippen molar-refractivity contribution in [2.24, 2.45) is 11.8 Å². The Hall–Kier alpha value is -0.300. The average Bonchev–Trinajstić information content (AvgIpc) is 1.84. The number of rotatable bonds is 5. The molecule has 72 valence electrons. The number of allylic oxidation sites excluding steroid dienone is 2. The number of hydrogen-bond acceptors (Lipinski definition) is 1. The summed E-state index contributed by atoms with van der Waals surface area (Å²) in [5, 5.41) is 9.10. The third-order valence-corrected chi connectivity index (χ3v) is 1.78. The van der Waals surface area contributed by atoms with Gasteiger partial charge in [-0.2, -0.15) is 0 Å². The zero-order chi connectivity index (χ0) is 9.56. The smallest absolute Gasteiger partial charge is 0.0517 e. The fourth-order valence-corrected chi connectivity index (χ4v) is 1.20. The second-order valence-corrected chi connectivity index (χ2v) is 4.12. The van der Waals surface area contributed by atoms with Crippen LogP contribution in [0.2, 0.25) is 0 Å². The van der Waals surface area contributed by atoms with Gasteiger partial charge in [-0.1, -0.05) is 32.9 Å². The van der Waals surface area contributed by atoms with Crippen molar-refractivity contribution in [1.29, 1.82) is 0 Å². The van der Waals surface area contributed by atoms with Crippen molar-refractivity contribution in [2.45, 2.75) is 46.6 Å². The van der Waals surface area contributed by atoms with Crippen molar-refractivity contribution in [3.63, 3.8) is 0 Å². The molecule has 0 bridgehead atoms. The van der Waals surface area contributed by atoms with Crippen LogP contribution in [0.15, 0.2) is 12.2 Å². The molecule has 0 aromatic carbocycles. The van der Waals surface area contributed by atoms with Gasteiger partial charge in [-0.25, -0.2) is 0 Å². The molecule has 0 radical (unpaired) electrons. The number of aliphatic hydroxyl groups excluding tert-OH is 1. The van der Waals surface area contributed by atoms with E-state index in [1.165, 1.54) is 0 Å². The molecule has 1 heteroatoms. The summed E-state index contributed by atoms with van der Waals surface area (Å²) in [4.78, 5) is 0. The Labute approximate surface area is 76.5 Å². The molecule has 0 saturated heterocycles. The van der Waals surface area contributed by atoms with Gasteiger partial charge in [0.15, 0.2) is 0 Å². The van der Waals surface area contributed by atoms with Crippen molar-refractivity contribution in [2.75, 3.05) is 0 Å². The van der Waals surface area contributed by atoms with Gasteiger partial charge >= 0.3 is 0 Å². The minimum absolute atomic E-state index is 0.177. The second-order valence-electron chi connectivity index (χ2n) is 4.12. The monoisotopic (exact) mass is 170 g/mol. The number of aliphatic hydroxyl groups is 1. The molecular formula is C11H22O. The Balaban J connectivity index is 3.53. The molecule has 0 fully saturated rings. The largest absolute Gasteiger partial charge is 0.393 e. The summed E-state index contributed by atoms with van der Waals surface area (Å²) in [5.41, 5.74) is 0. The molecule has 2 unspecified atom stereocenters. The number of hydrogen-bond donors (Lipinski definition) is 1. The molecule has 0 amide bonds. The summed E-state index contributed by atoms with van der Waals surface area (Å²) < 4.78 is 0. The zero-order valence-corrected chi connectivity index (χ0v) is 8.75. The van der Waals surface area contributed by atoms with Gasteiger partial charge in [-0.05, 0) is 31.6 Å². The highest BCUT2D eigenvalue weighted by Crippen LogP contribution is 2.09. The molecule has 0 aliphatic heterocycles. The van der Waals surface area contributed by atoms with Crippen molar-refractivity contribution >= 4 is 0 Å². The van der Waals surface area contributed by atoms with Crippen LogP contribution in [0, 0.1) is 11.8 Å². The van der Waals surface area contributed by atoms with Crippen LogP contribution in [-0.2, 0) is 0 Å². The average molecular weight is 170 g/mol. The second kappa shape index (κ2) is 6.24. The molecule has 1 nitrogen and oxygen atoms in total. The first-order valence-electron chi connectivity index (χ1n) is 4.87. The maximum Gasteiger partial charge on any atom is 0.0517 e. The first-order valence-corrected chi connectivity index (χ1v) is 4.87. The normalized spacial score (nSPS) is 17.2. The van der Waals surface area contributed by atoms with Crippen LogP contribution in [-0.4, -0.2) is 11.2 Å². The predicted molar refractivity (Wildman–Crippen MR) is 54.1 cm³/mol. The van der Waals surface area contributed by atoms with E-state index in [9.17, 15) is 0 Å². The van der Waals surface area contributed by atoms with E-state index in [1.807, 2.05) is 6.92 Å². The van der Waals surface area contributed by atoms with Gasteiger partial charge < -0.3 is 5.11 Å². The lowest BCUT2D eigenvalue weighted by molar-refractivity contribution is 0.172. The molecule has 0 aliphatic carbocycles. The highest BCUT2D eigenvalue weighted by molar-refractivity contribution is 4.87. The van der Waals surface area contributed by atoms with E-state index in [4.69, 9.17) is 5.11 Å². The van der Waals surface area contributed by atoms with E-state index < -0.39 is 0 Å². The van der Waals surface area contributed by atoms with Crippen LogP contribution in [0.3, 0.4) is 0 Å². The van der Waals surface area contributed by atoms with Crippen LogP contribution < -0.4 is 0 Å². The van der Waals surface area contributed by atoms with E-state index in [0.717, 1.165) is 18.8 Å². The van der Waals surface area contributed by atoms with Gasteiger partial charge in [0, 0.05) is 0 Å². The van der Waals surface area contributed by atoms with Crippen LogP contribution in [0.4, 0.5) is 0 Å². The first-order chi connectivity index (χ1) is 5.52. The molecule has 2 atom stereocenters. The summed E-state index contributed by atoms with van der Waals surface area (Å²) in [6, 6.07) is 0. The molecule has 0 aromatic heterocycles. The topological polar surface area (TPSA) is 20.2 Å². The Morgan fingerprint density at radius 2 is 1.75 bits per heavy atom. The summed E-state index contributed by atoms with van der Waals surface area (Å²) in [6.45, 7) is 8.41. The molecule has 1 N–H and O–H groups in total. The third-order valence-electron chi connectivity index (χ3n) is 1.78. The van der Waals surface area contributed by atoms with Crippen molar-refractivity contribution < 1.29 is 5.11 Å². The van der Waals surface area contributed by atoms with Gasteiger partial charge in [-0.3, -0.25) is 0 Å². The van der Waals surface area contributed by atoms with Crippen molar-refractivity contribution in [1.82, 2.24) is 0 Å². The SMILES string of the molecule is CC(C)CC=CC(C)CC(C)O. The van der Waals surface area contributed by atoms with Crippen molar-refractivity contribution in [3.8, 4) is 0 Å². The van der Waals surface area contributed by atoms with Gasteiger partial charge in [0.2, 0.25) is 0 Å². The maximum absolute atomic E-state index is 9.10. The van der Waals surface area contributed by atoms with Gasteiger partial charge in [0.25, 0.3) is 0 Å². The standard InChI is InChI=1S/C11H22O/c1-9(2)6-5-7-10(3)8-11(4)12/h5,7,9-12H,6,8H2,1-4H3. The molecule has 0 spiro atoms. The van der Waals surface area contributed by atoms with E-state index in [-0.39, 0.29) is 6.10 Å². The van der Waals surface area contributed by atoms with Crippen molar-refractivity contribution in [3.05, 3.63) is 12.2 Å². The van der Waals surface area contributed by atoms with Gasteiger partial charge in [-0.15, -0.1) is 0 Å². The van der Waals surface area contributed by atoms with E-state index in [2.05, 4.69) is 32.9 Å². The molecule has 0 heterocycles. The molecule has 0 aliphatic rings. The molecule has 0 rings (SSSR count). The highest BCUT2D eigenvalue weighted by Gasteiger charge is 2.01. The predicted octanol–water partition coefficient (Wildman–Crippen LogP) is 3.00. The third kappa shape index (κ3) is 7.80. The van der Waals surface area contributed by atoms with Gasteiger partial charge in [0.05, 0.1) is 6.10 Å². The molecular weight excluding hydrogens is 148 g/mol. The first kappa shape index (κ1) is 11.7. The lowest BCUT2D eigenvalue weighted by Crippen LogP contribution is -2.04. The molecule has 0 saturated carbocycles. The van der Waals surface area contributed by atoms with Crippen LogP contribution in [0.1, 0.15) is 40.5 Å². The Kier molecular flexibility index (Phi) is 6.09. The Morgan fingerprint density at radius 1 is 1.17 bits per heavy atom. The van der Waals surface area contributed by atoms with E-state index >= 15 is 0 Å². The fraction of sp³-hybridized carbons (Fsp3) is 0.818. The minimum Gasteiger partial charge on any atom is -0.393 e. The fourth-order valence-electron chi connectivity index (χ4n) is 1.20. The van der Waals surface area contributed by atoms with E-state index in [1.54, 1.807) is 0 Å². The maximum atomic E-state index is 9.10. The van der Waals surface area contributed by atoms with Crippen LogP contribution in [0.5, 0.6) is 0 Å². The quantitative estimate of drug-likeness (QED) is 0.629. The van der Waals surface area contributed by atoms with Gasteiger partial charge in [0.1, 0.15) is 0 Å². The summed E-state index contributed by atoms with van der Waals surface area (Å²) in [7, 11) is 0. The zero-order valence-electron chi connectivity index (χ0n) is 8.75. The lowest BCUT2D eigenvalue weighted by atomic mass is 10.0. The highest BCUT2D eigenvalue weighted by atomic mass is 16.3. The van der Waals surface area contributed by atoms with Crippen LogP contribution >= 0.6 is 0 Å². The van der Waals surface area contributed by atoms with E-state index in [0.29, 0.717) is 5.92 Å². The summed E-state index contributed by atoms with van der Waals surface area (Å²) in [5.74, 6) is 1.24. The molecule has 12 heavy (non-hydrogen) atoms. The summed E-state index contributed by atoms with van der Waals surface area (Å²) >= 11 is 0. The Morgan fingerprint density at radius 3 is 2.17 bits per heavy atom. The molecule has 0 aromatic rings. The lowest BCUT2D eigenvalue weighted by Gasteiger charge is -2.08. The Bertz CT molecular complexity index is 125.